The zero-order chi connectivity index (χ0) is 56.3. The van der Waals surface area contributed by atoms with Gasteiger partial charge in [0.15, 0.2) is 22.3 Å². The molecule has 0 spiro atoms. The number of aromatic nitrogens is 8. The molecular formula is C40H28CaCl8N14O14. The molecule has 4 N–H and O–H groups in total. The third-order valence-electron chi connectivity index (χ3n) is 10.0. The molecule has 0 fully saturated rings. The molecule has 0 aliphatic carbocycles. The van der Waals surface area contributed by atoms with Gasteiger partial charge in [-0.25, -0.2) is 38.4 Å². The molecule has 400 valence electrons. The Balaban J connectivity index is 0.000000328. The van der Waals surface area contributed by atoms with Crippen LogP contribution in [-0.2, 0) is 41.9 Å². The van der Waals surface area contributed by atoms with Gasteiger partial charge in [0, 0.05) is 105 Å². The minimum atomic E-state index is -1.82. The zero-order valence-corrected chi connectivity index (χ0v) is 46.2. The first-order valence-corrected chi connectivity index (χ1v) is 23.1. The summed E-state index contributed by atoms with van der Waals surface area (Å²) >= 11 is 46.7. The van der Waals surface area contributed by atoms with E-state index < -0.39 is 83.6 Å². The van der Waals surface area contributed by atoms with Crippen LogP contribution < -0.4 is 38.0 Å². The maximum absolute atomic E-state index is 12.7. The van der Waals surface area contributed by atoms with Crippen molar-refractivity contribution >= 4 is 226 Å². The van der Waals surface area contributed by atoms with E-state index in [-0.39, 0.29) is 120 Å². The number of aldehydes is 2. The second-order valence-electron chi connectivity index (χ2n) is 15.0. The predicted molar refractivity (Wildman–Crippen MR) is 272 cm³/mol. The van der Waals surface area contributed by atoms with Crippen LogP contribution in [0, 0.1) is 11.8 Å². The van der Waals surface area contributed by atoms with Gasteiger partial charge in [0.1, 0.15) is 24.7 Å². The Kier molecular flexibility index (Phi) is 23.4. The van der Waals surface area contributed by atoms with Gasteiger partial charge >= 0.3 is 49.7 Å². The molecule has 0 radical (unpaired) electrons. The fourth-order valence-electron chi connectivity index (χ4n) is 6.20. The number of aromatic amines is 2. The Morgan fingerprint density at radius 1 is 0.558 bits per heavy atom. The van der Waals surface area contributed by atoms with Crippen LogP contribution in [0.1, 0.15) is 44.9 Å². The summed E-state index contributed by atoms with van der Waals surface area (Å²) in [5.74, 6) is -12.6. The molecule has 0 saturated carbocycles. The van der Waals surface area contributed by atoms with Crippen LogP contribution in [0.5, 0.6) is 0 Å². The number of halogens is 8. The van der Waals surface area contributed by atoms with Crippen molar-refractivity contribution in [1.29, 1.82) is 0 Å². The normalized spacial score (nSPS) is 12.3. The molecule has 4 atom stereocenters. The predicted octanol–water partition coefficient (Wildman–Crippen LogP) is 1.60. The maximum Gasteiger partial charge on any atom is 2.00 e. The second kappa shape index (κ2) is 28.4. The number of fused-ring (bicyclic) bond motifs is 2. The van der Waals surface area contributed by atoms with Crippen molar-refractivity contribution in [1.82, 2.24) is 48.7 Å². The van der Waals surface area contributed by atoms with Gasteiger partial charge in [-0.2, -0.15) is 17.8 Å². The number of benzene rings is 2. The van der Waals surface area contributed by atoms with Crippen LogP contribution in [-0.4, -0.2) is 157 Å². The van der Waals surface area contributed by atoms with Crippen LogP contribution in [0.15, 0.2) is 70.5 Å². The summed E-state index contributed by atoms with van der Waals surface area (Å²) in [7, 11) is 0. The Morgan fingerprint density at radius 2 is 0.883 bits per heavy atom. The van der Waals surface area contributed by atoms with Crippen molar-refractivity contribution in [2.75, 3.05) is 16.7 Å². The average molecular weight is 1250 g/mol. The standard InChI is InChI=1S/2C20H15Cl4N7O7.Ca/c2*21-29(7-11-6-25-15-14(26-11)16(33)28-20(27-15)31(23)24)12-3-1-9(2-4-12)17(34)30(22)13(19(37)38)5-10(8-32)18(35)36;/h2*1-4,6,8,10,13H,5,7H2,(H,35,36)(H,37,38)(H,25,27,28,33);/q;;+2/p-2/t2*10?,13-;/m00./s1. The number of nitrogens with zero attached hydrogens (tertiary/aromatic N) is 12. The van der Waals surface area contributed by atoms with Gasteiger partial charge in [0.05, 0.1) is 72.0 Å². The molecular weight excluding hydrogens is 1220 g/mol. The Hall–Kier alpha value is -6.18. The molecule has 0 aliphatic rings. The molecule has 6 aromatic rings. The molecule has 4 aromatic heterocycles. The number of carbonyl (C=O) groups is 8. The molecule has 0 bridgehead atoms. The van der Waals surface area contributed by atoms with Gasteiger partial charge in [-0.15, -0.1) is 0 Å². The summed E-state index contributed by atoms with van der Waals surface area (Å²) in [5, 5.41) is 40.7. The first kappa shape index (κ1) is 63.4. The van der Waals surface area contributed by atoms with Gasteiger partial charge in [-0.3, -0.25) is 38.0 Å². The van der Waals surface area contributed by atoms with Crippen LogP contribution >= 0.6 is 94.2 Å². The van der Waals surface area contributed by atoms with Crippen molar-refractivity contribution < 1.29 is 58.8 Å². The van der Waals surface area contributed by atoms with Gasteiger partial charge in [0.2, 0.25) is 11.9 Å². The molecule has 0 saturated heterocycles. The van der Waals surface area contributed by atoms with E-state index in [9.17, 15) is 68.4 Å². The molecule has 4 heterocycles. The van der Waals surface area contributed by atoms with Crippen LogP contribution in [0.2, 0.25) is 0 Å². The van der Waals surface area contributed by atoms with E-state index in [0.29, 0.717) is 28.1 Å². The number of nitrogens with one attached hydrogen (secondary N) is 2. The van der Waals surface area contributed by atoms with Gasteiger partial charge in [-0.05, 0) is 61.4 Å². The number of amides is 2. The molecule has 2 aromatic carbocycles. The van der Waals surface area contributed by atoms with E-state index in [1.54, 1.807) is 0 Å². The molecule has 77 heavy (non-hydrogen) atoms. The van der Waals surface area contributed by atoms with Crippen LogP contribution in [0.4, 0.5) is 23.3 Å². The molecule has 2 unspecified atom stereocenters. The minimum absolute atomic E-state index is 0. The Morgan fingerprint density at radius 3 is 1.16 bits per heavy atom. The van der Waals surface area contributed by atoms with E-state index in [1.165, 1.54) is 69.8 Å². The summed E-state index contributed by atoms with van der Waals surface area (Å²) in [4.78, 5) is 146. The summed E-state index contributed by atoms with van der Waals surface area (Å²) in [6.07, 6.45) is 1.09. The van der Waals surface area contributed by atoms with Gasteiger partial charge in [-0.1, -0.05) is 0 Å². The average Bonchev–Trinajstić information content (AvgIpc) is 3.38. The SMILES string of the molecule is O=CC(C[C@@H](C(=O)O)N(Cl)C(=O)c1ccc(N(Cl)Cc2cnc3nc(N(Cl)Cl)[nH]c(=O)c3n2)cc1)C(=O)[O-].O=CC(C[C@@H](C(=O)O)N(Cl)C(=O)c1ccc(N(Cl)Cc2cnc3nc(N(Cl)Cl)[nH]c(=O)c3n2)cc1)C(=O)[O-].[Ca+2]. The molecule has 37 heteroatoms. The number of anilines is 4. The van der Waals surface area contributed by atoms with E-state index >= 15 is 0 Å². The summed E-state index contributed by atoms with van der Waals surface area (Å²) in [6.45, 7) is -0.0652. The number of hydrogen-bond acceptors (Lipinski definition) is 22. The molecule has 0 aliphatic heterocycles. The molecule has 2 amide bonds. The van der Waals surface area contributed by atoms with Crippen molar-refractivity contribution in [3.8, 4) is 0 Å². The number of aliphatic carboxylic acids is 4. The van der Waals surface area contributed by atoms with Gasteiger partial charge < -0.3 is 39.6 Å². The largest absolute Gasteiger partial charge is 2.00 e. The smallest absolute Gasteiger partial charge is 0.549 e. The fourth-order valence-corrected chi connectivity index (χ4v) is 7.51. The van der Waals surface area contributed by atoms with Gasteiger partial charge in [0.25, 0.3) is 22.9 Å². The Labute approximate surface area is 499 Å². The minimum Gasteiger partial charge on any atom is -0.549 e. The number of carboxylic acid groups (broad SMARTS) is 4. The summed E-state index contributed by atoms with van der Waals surface area (Å²) in [5.41, 5.74) is -0.244. The fraction of sp³-hybridized carbons (Fsp3) is 0.200. The first-order valence-electron chi connectivity index (χ1n) is 20.4. The van der Waals surface area contributed by atoms with Crippen LogP contribution in [0.25, 0.3) is 22.3 Å². The van der Waals surface area contributed by atoms with Crippen LogP contribution in [0.3, 0.4) is 0 Å². The van der Waals surface area contributed by atoms with Crippen molar-refractivity contribution in [3.63, 3.8) is 0 Å². The van der Waals surface area contributed by atoms with E-state index in [4.69, 9.17) is 94.2 Å². The quantitative estimate of drug-likeness (QED) is 0.0324. The van der Waals surface area contributed by atoms with Crippen molar-refractivity contribution in [2.45, 2.75) is 38.0 Å². The first-order chi connectivity index (χ1) is 35.8. The molecule has 6 rings (SSSR count). The monoisotopic (exact) mass is 1250 g/mol. The third-order valence-corrected chi connectivity index (χ3v) is 12.1. The summed E-state index contributed by atoms with van der Waals surface area (Å²) in [6, 6.07) is 7.21. The number of carboxylic acids is 4. The third kappa shape index (κ3) is 16.4. The number of H-pyrrole nitrogens is 2. The number of hydrogen-bond donors (Lipinski definition) is 4. The van der Waals surface area contributed by atoms with E-state index in [1.807, 2.05) is 0 Å². The summed E-state index contributed by atoms with van der Waals surface area (Å²) < 4.78 is 4.12. The second-order valence-corrected chi connectivity index (χ2v) is 18.2. The van der Waals surface area contributed by atoms with Crippen molar-refractivity contribution in [2.24, 2.45) is 11.8 Å². The van der Waals surface area contributed by atoms with E-state index in [0.717, 1.165) is 0 Å². The van der Waals surface area contributed by atoms with E-state index in [2.05, 4.69) is 39.9 Å². The van der Waals surface area contributed by atoms with Crippen molar-refractivity contribution in [3.05, 3.63) is 104 Å². The molecule has 28 nitrogen and oxygen atoms in total. The maximum atomic E-state index is 12.7. The number of carbonyl (C=O) groups excluding carboxylic acids is 6. The Bertz CT molecular complexity index is 3100. The zero-order valence-electron chi connectivity index (χ0n) is 38.0. The number of rotatable bonds is 22. The topological polar surface area (TPSA) is 386 Å².